The molecule has 26 heavy (non-hydrogen) atoms. The molecule has 1 aliphatic rings. The standard InChI is InChI=1S/C20H28N4O.HI/c1-21-20(22-12-11-19-10-6-14-25-19)23-15-18-9-5-13-24(18)16-17-7-3-2-4-8-17;/h2-4,6-8,10,14,18H,5,9,11-13,15-16H2,1H3,(H2,21,22,23);1H. The molecule has 1 unspecified atom stereocenters. The molecule has 1 aliphatic heterocycles. The largest absolute Gasteiger partial charge is 0.469 e. The predicted molar refractivity (Wildman–Crippen MR) is 117 cm³/mol. The van der Waals surface area contributed by atoms with E-state index in [0.717, 1.165) is 37.8 Å². The molecule has 0 bridgehead atoms. The van der Waals surface area contributed by atoms with Gasteiger partial charge in [0.1, 0.15) is 5.76 Å². The van der Waals surface area contributed by atoms with Gasteiger partial charge in [-0.15, -0.1) is 24.0 Å². The quantitative estimate of drug-likeness (QED) is 0.372. The summed E-state index contributed by atoms with van der Waals surface area (Å²) in [5.41, 5.74) is 1.38. The Labute approximate surface area is 173 Å². The van der Waals surface area contributed by atoms with Crippen LogP contribution in [0.5, 0.6) is 0 Å². The highest BCUT2D eigenvalue weighted by atomic mass is 127. The number of rotatable bonds is 7. The van der Waals surface area contributed by atoms with Gasteiger partial charge in [-0.1, -0.05) is 30.3 Å². The van der Waals surface area contributed by atoms with Crippen molar-refractivity contribution in [2.24, 2.45) is 4.99 Å². The summed E-state index contributed by atoms with van der Waals surface area (Å²) in [6.45, 7) is 3.93. The molecule has 1 atom stereocenters. The van der Waals surface area contributed by atoms with Crippen LogP contribution in [0.15, 0.2) is 58.1 Å². The van der Waals surface area contributed by atoms with E-state index in [9.17, 15) is 0 Å². The van der Waals surface area contributed by atoms with Crippen molar-refractivity contribution < 1.29 is 4.42 Å². The number of aliphatic imine (C=N–C) groups is 1. The molecule has 2 heterocycles. The maximum absolute atomic E-state index is 5.35. The number of nitrogens with zero attached hydrogens (tertiary/aromatic N) is 2. The van der Waals surface area contributed by atoms with Gasteiger partial charge >= 0.3 is 0 Å². The molecule has 5 nitrogen and oxygen atoms in total. The Hall–Kier alpha value is -1.54. The van der Waals surface area contributed by atoms with Crippen LogP contribution < -0.4 is 10.6 Å². The number of furan rings is 1. The fourth-order valence-corrected chi connectivity index (χ4v) is 3.35. The fraction of sp³-hybridized carbons (Fsp3) is 0.450. The van der Waals surface area contributed by atoms with Gasteiger partial charge in [-0.2, -0.15) is 0 Å². The summed E-state index contributed by atoms with van der Waals surface area (Å²) < 4.78 is 5.35. The minimum absolute atomic E-state index is 0. The summed E-state index contributed by atoms with van der Waals surface area (Å²) in [5, 5.41) is 6.83. The average molecular weight is 468 g/mol. The molecule has 3 rings (SSSR count). The van der Waals surface area contributed by atoms with Crippen molar-refractivity contribution in [3.05, 3.63) is 60.1 Å². The fourth-order valence-electron chi connectivity index (χ4n) is 3.35. The summed E-state index contributed by atoms with van der Waals surface area (Å²) in [4.78, 5) is 6.89. The third-order valence-electron chi connectivity index (χ3n) is 4.70. The molecule has 142 valence electrons. The predicted octanol–water partition coefficient (Wildman–Crippen LogP) is 3.27. The Kier molecular flexibility index (Phi) is 8.97. The minimum Gasteiger partial charge on any atom is -0.469 e. The summed E-state index contributed by atoms with van der Waals surface area (Å²) in [6.07, 6.45) is 5.08. The van der Waals surface area contributed by atoms with E-state index in [1.54, 1.807) is 6.26 Å². The number of likely N-dealkylation sites (tertiary alicyclic amines) is 1. The molecule has 0 aliphatic carbocycles. The van der Waals surface area contributed by atoms with Gasteiger partial charge in [0, 0.05) is 39.1 Å². The molecule has 2 aromatic rings. The molecular weight excluding hydrogens is 439 g/mol. The van der Waals surface area contributed by atoms with Crippen molar-refractivity contribution in [1.82, 2.24) is 15.5 Å². The van der Waals surface area contributed by atoms with Crippen LogP contribution >= 0.6 is 24.0 Å². The van der Waals surface area contributed by atoms with Crippen LogP contribution in [0.25, 0.3) is 0 Å². The van der Waals surface area contributed by atoms with Gasteiger partial charge in [-0.05, 0) is 37.1 Å². The van der Waals surface area contributed by atoms with E-state index in [4.69, 9.17) is 4.42 Å². The summed E-state index contributed by atoms with van der Waals surface area (Å²) >= 11 is 0. The molecular formula is C20H29IN4O. The highest BCUT2D eigenvalue weighted by Crippen LogP contribution is 2.19. The van der Waals surface area contributed by atoms with E-state index >= 15 is 0 Å². The van der Waals surface area contributed by atoms with Gasteiger partial charge in [-0.3, -0.25) is 9.89 Å². The maximum Gasteiger partial charge on any atom is 0.191 e. The first-order valence-electron chi connectivity index (χ1n) is 9.10. The van der Waals surface area contributed by atoms with E-state index < -0.39 is 0 Å². The lowest BCUT2D eigenvalue weighted by Crippen LogP contribution is -2.45. The van der Waals surface area contributed by atoms with Crippen LogP contribution in [0.3, 0.4) is 0 Å². The Bertz CT molecular complexity index is 645. The average Bonchev–Trinajstić information content (AvgIpc) is 3.31. The van der Waals surface area contributed by atoms with E-state index in [1.165, 1.54) is 24.9 Å². The van der Waals surface area contributed by atoms with Gasteiger partial charge < -0.3 is 15.1 Å². The van der Waals surface area contributed by atoms with Crippen LogP contribution in [-0.2, 0) is 13.0 Å². The first-order valence-corrected chi connectivity index (χ1v) is 9.10. The molecule has 0 spiro atoms. The Morgan fingerprint density at radius 2 is 2.04 bits per heavy atom. The number of hydrogen-bond donors (Lipinski definition) is 2. The second-order valence-electron chi connectivity index (χ2n) is 6.46. The zero-order chi connectivity index (χ0) is 17.3. The topological polar surface area (TPSA) is 52.8 Å². The normalized spacial score (nSPS) is 17.7. The summed E-state index contributed by atoms with van der Waals surface area (Å²) in [6, 6.07) is 15.2. The Morgan fingerprint density at radius 3 is 2.77 bits per heavy atom. The smallest absolute Gasteiger partial charge is 0.191 e. The molecule has 1 aromatic carbocycles. The number of hydrogen-bond acceptors (Lipinski definition) is 3. The van der Waals surface area contributed by atoms with Crippen molar-refractivity contribution in [3.8, 4) is 0 Å². The van der Waals surface area contributed by atoms with Crippen LogP contribution in [-0.4, -0.2) is 43.6 Å². The Morgan fingerprint density at radius 1 is 1.19 bits per heavy atom. The molecule has 6 heteroatoms. The monoisotopic (exact) mass is 468 g/mol. The first-order chi connectivity index (χ1) is 12.3. The molecule has 1 fully saturated rings. The molecule has 1 aromatic heterocycles. The first kappa shape index (κ1) is 20.8. The maximum atomic E-state index is 5.35. The summed E-state index contributed by atoms with van der Waals surface area (Å²) in [7, 11) is 1.82. The third-order valence-corrected chi connectivity index (χ3v) is 4.70. The lowest BCUT2D eigenvalue weighted by Gasteiger charge is -2.25. The van der Waals surface area contributed by atoms with E-state index in [2.05, 4.69) is 50.9 Å². The number of nitrogens with one attached hydrogen (secondary N) is 2. The van der Waals surface area contributed by atoms with Crippen molar-refractivity contribution in [2.45, 2.75) is 31.8 Å². The molecule has 0 saturated carbocycles. The highest BCUT2D eigenvalue weighted by Gasteiger charge is 2.24. The molecule has 0 radical (unpaired) electrons. The van der Waals surface area contributed by atoms with Crippen molar-refractivity contribution >= 4 is 29.9 Å². The number of guanidine groups is 1. The number of benzene rings is 1. The molecule has 1 saturated heterocycles. The van der Waals surface area contributed by atoms with E-state index in [-0.39, 0.29) is 24.0 Å². The SMILES string of the molecule is CN=C(NCCc1ccco1)NCC1CCCN1Cc1ccccc1.I. The van der Waals surface area contributed by atoms with Crippen molar-refractivity contribution in [3.63, 3.8) is 0 Å². The van der Waals surface area contributed by atoms with Gasteiger partial charge in [0.05, 0.1) is 6.26 Å². The second-order valence-corrected chi connectivity index (χ2v) is 6.46. The second kappa shape index (κ2) is 11.2. The minimum atomic E-state index is 0. The van der Waals surface area contributed by atoms with Crippen LogP contribution in [0.1, 0.15) is 24.2 Å². The van der Waals surface area contributed by atoms with Gasteiger partial charge in [-0.25, -0.2) is 0 Å². The zero-order valence-electron chi connectivity index (χ0n) is 15.4. The molecule has 0 amide bonds. The van der Waals surface area contributed by atoms with Crippen molar-refractivity contribution in [1.29, 1.82) is 0 Å². The van der Waals surface area contributed by atoms with Gasteiger partial charge in [0.15, 0.2) is 5.96 Å². The summed E-state index contributed by atoms with van der Waals surface area (Å²) in [5.74, 6) is 1.85. The third kappa shape index (κ3) is 6.32. The lowest BCUT2D eigenvalue weighted by molar-refractivity contribution is 0.245. The van der Waals surface area contributed by atoms with E-state index in [1.807, 2.05) is 19.2 Å². The van der Waals surface area contributed by atoms with Crippen molar-refractivity contribution in [2.75, 3.05) is 26.7 Å². The molecule has 2 N–H and O–H groups in total. The lowest BCUT2D eigenvalue weighted by atomic mass is 10.2. The highest BCUT2D eigenvalue weighted by molar-refractivity contribution is 14.0. The zero-order valence-corrected chi connectivity index (χ0v) is 17.7. The number of halogens is 1. The van der Waals surface area contributed by atoms with E-state index in [0.29, 0.717) is 6.04 Å². The Balaban J connectivity index is 0.00000243. The van der Waals surface area contributed by atoms with Crippen LogP contribution in [0.2, 0.25) is 0 Å². The van der Waals surface area contributed by atoms with Gasteiger partial charge in [0.2, 0.25) is 0 Å². The van der Waals surface area contributed by atoms with Gasteiger partial charge in [0.25, 0.3) is 0 Å². The van der Waals surface area contributed by atoms with Crippen LogP contribution in [0.4, 0.5) is 0 Å². The van der Waals surface area contributed by atoms with Crippen LogP contribution in [0, 0.1) is 0 Å².